The van der Waals surface area contributed by atoms with Crippen LogP contribution < -0.4 is 16.4 Å². The van der Waals surface area contributed by atoms with E-state index in [0.717, 1.165) is 24.8 Å². The number of nitrogens with two attached hydrogens (primary N) is 1. The third-order valence-electron chi connectivity index (χ3n) is 4.68. The van der Waals surface area contributed by atoms with E-state index in [1.54, 1.807) is 12.1 Å². The maximum atomic E-state index is 12.9. The molecular weight excluding hydrogens is 368 g/mol. The highest BCUT2D eigenvalue weighted by Crippen LogP contribution is 2.30. The molecular formula is C18H25ClN6O2. The molecule has 1 saturated carbocycles. The van der Waals surface area contributed by atoms with Crippen LogP contribution >= 0.6 is 12.4 Å². The maximum absolute atomic E-state index is 12.9. The van der Waals surface area contributed by atoms with Gasteiger partial charge in [-0.05, 0) is 37.1 Å². The van der Waals surface area contributed by atoms with Gasteiger partial charge in [0.2, 0.25) is 11.8 Å². The van der Waals surface area contributed by atoms with E-state index < -0.39 is 5.54 Å². The zero-order valence-electron chi connectivity index (χ0n) is 15.2. The molecule has 1 fully saturated rings. The smallest absolute Gasteiger partial charge is 0.250 e. The molecule has 1 aromatic carbocycles. The second-order valence-corrected chi connectivity index (χ2v) is 6.67. The molecule has 5 N–H and O–H groups in total. The van der Waals surface area contributed by atoms with Gasteiger partial charge in [-0.2, -0.15) is 5.10 Å². The number of amides is 2. The van der Waals surface area contributed by atoms with Crippen LogP contribution in [0, 0.1) is 0 Å². The Bertz CT molecular complexity index is 783. The van der Waals surface area contributed by atoms with Gasteiger partial charge in [0.05, 0.1) is 6.54 Å². The summed E-state index contributed by atoms with van der Waals surface area (Å²) in [5.74, 6) is 0.832. The van der Waals surface area contributed by atoms with Gasteiger partial charge in [-0.15, -0.1) is 12.4 Å². The van der Waals surface area contributed by atoms with Crippen LogP contribution in [0.3, 0.4) is 0 Å². The molecule has 8 nitrogen and oxygen atoms in total. The lowest BCUT2D eigenvalue weighted by Crippen LogP contribution is -2.57. The van der Waals surface area contributed by atoms with Crippen LogP contribution in [0.25, 0.3) is 11.4 Å². The third kappa shape index (κ3) is 4.84. The number of carbonyl (C=O) groups is 2. The largest absolute Gasteiger partial charge is 0.342 e. The summed E-state index contributed by atoms with van der Waals surface area (Å²) in [6.45, 7) is 1.75. The first-order valence-electron chi connectivity index (χ1n) is 8.84. The van der Waals surface area contributed by atoms with Gasteiger partial charge in [0.1, 0.15) is 11.4 Å². The number of anilines is 1. The first-order valence-corrected chi connectivity index (χ1v) is 8.84. The Balaban J connectivity index is 0.00000261. The van der Waals surface area contributed by atoms with Gasteiger partial charge in [-0.1, -0.05) is 19.3 Å². The summed E-state index contributed by atoms with van der Waals surface area (Å²) in [5.41, 5.74) is 6.21. The van der Waals surface area contributed by atoms with Crippen molar-refractivity contribution in [2.75, 3.05) is 5.32 Å². The molecule has 2 amide bonds. The molecule has 9 heteroatoms. The van der Waals surface area contributed by atoms with Crippen molar-refractivity contribution >= 4 is 29.9 Å². The van der Waals surface area contributed by atoms with Gasteiger partial charge >= 0.3 is 0 Å². The Morgan fingerprint density at radius 1 is 1.19 bits per heavy atom. The van der Waals surface area contributed by atoms with Crippen molar-refractivity contribution in [3.05, 3.63) is 30.1 Å². The highest BCUT2D eigenvalue weighted by Gasteiger charge is 2.40. The van der Waals surface area contributed by atoms with Crippen molar-refractivity contribution in [1.82, 2.24) is 20.5 Å². The number of halogens is 1. The molecule has 0 atom stereocenters. The number of rotatable bonds is 5. The molecule has 0 radical (unpaired) electrons. The van der Waals surface area contributed by atoms with Gasteiger partial charge in [-0.25, -0.2) is 4.98 Å². The molecule has 1 heterocycles. The molecule has 0 unspecified atom stereocenters. The second kappa shape index (κ2) is 8.96. The van der Waals surface area contributed by atoms with E-state index in [4.69, 9.17) is 5.73 Å². The fourth-order valence-electron chi connectivity index (χ4n) is 3.37. The molecule has 0 saturated heterocycles. The summed E-state index contributed by atoms with van der Waals surface area (Å²) in [6, 6.07) is 7.28. The number of aromatic amines is 1. The summed E-state index contributed by atoms with van der Waals surface area (Å²) >= 11 is 0. The average Bonchev–Trinajstić information content (AvgIpc) is 3.12. The Kier molecular flexibility index (Phi) is 6.92. The number of H-pyrrole nitrogens is 1. The van der Waals surface area contributed by atoms with Crippen molar-refractivity contribution in [2.45, 2.75) is 51.1 Å². The molecule has 27 heavy (non-hydrogen) atoms. The number of nitrogens with one attached hydrogen (secondary N) is 3. The maximum Gasteiger partial charge on any atom is 0.250 e. The Hall–Kier alpha value is -2.45. The number of carbonyl (C=O) groups excluding carboxylic acids is 2. The Morgan fingerprint density at radius 3 is 2.41 bits per heavy atom. The van der Waals surface area contributed by atoms with E-state index in [9.17, 15) is 9.59 Å². The Labute approximate surface area is 164 Å². The van der Waals surface area contributed by atoms with Crippen LogP contribution in [0.1, 0.15) is 44.9 Å². The fraction of sp³-hybridized carbons (Fsp3) is 0.444. The van der Waals surface area contributed by atoms with E-state index in [1.165, 1.54) is 6.92 Å². The topological polar surface area (TPSA) is 126 Å². The predicted octanol–water partition coefficient (Wildman–Crippen LogP) is 2.13. The highest BCUT2D eigenvalue weighted by molar-refractivity contribution is 6.00. The molecule has 0 aliphatic heterocycles. The summed E-state index contributed by atoms with van der Waals surface area (Å²) < 4.78 is 0. The Morgan fingerprint density at radius 2 is 1.85 bits per heavy atom. The van der Waals surface area contributed by atoms with Crippen molar-refractivity contribution < 1.29 is 9.59 Å². The van der Waals surface area contributed by atoms with Gasteiger partial charge in [0.25, 0.3) is 0 Å². The minimum absolute atomic E-state index is 0. The summed E-state index contributed by atoms with van der Waals surface area (Å²) in [7, 11) is 0. The second-order valence-electron chi connectivity index (χ2n) is 6.67. The molecule has 3 rings (SSSR count). The third-order valence-corrected chi connectivity index (χ3v) is 4.68. The lowest BCUT2D eigenvalue weighted by atomic mass is 9.80. The first-order chi connectivity index (χ1) is 12.5. The highest BCUT2D eigenvalue weighted by atomic mass is 35.5. The lowest BCUT2D eigenvalue weighted by Gasteiger charge is -2.36. The summed E-state index contributed by atoms with van der Waals surface area (Å²) in [4.78, 5) is 28.7. The minimum Gasteiger partial charge on any atom is -0.342 e. The van der Waals surface area contributed by atoms with Crippen LogP contribution in [0.5, 0.6) is 0 Å². The first kappa shape index (κ1) is 20.9. The van der Waals surface area contributed by atoms with E-state index in [1.807, 2.05) is 12.1 Å². The molecule has 146 valence electrons. The van der Waals surface area contributed by atoms with Crippen LogP contribution in [0.2, 0.25) is 0 Å². The van der Waals surface area contributed by atoms with Crippen LogP contribution in [-0.4, -0.2) is 32.5 Å². The number of hydrogen-bond donors (Lipinski definition) is 4. The van der Waals surface area contributed by atoms with Crippen molar-refractivity contribution in [3.8, 4) is 11.4 Å². The number of hydrogen-bond acceptors (Lipinski definition) is 5. The summed E-state index contributed by atoms with van der Waals surface area (Å²) in [5, 5.41) is 12.7. The average molecular weight is 393 g/mol. The quantitative estimate of drug-likeness (QED) is 0.620. The zero-order valence-corrected chi connectivity index (χ0v) is 16.1. The fourth-order valence-corrected chi connectivity index (χ4v) is 3.37. The zero-order chi connectivity index (χ0) is 18.6. The van der Waals surface area contributed by atoms with Crippen LogP contribution in [-0.2, 0) is 16.1 Å². The molecule has 1 aromatic heterocycles. The monoisotopic (exact) mass is 392 g/mol. The lowest BCUT2D eigenvalue weighted by molar-refractivity contribution is -0.130. The molecule has 1 aliphatic rings. The summed E-state index contributed by atoms with van der Waals surface area (Å²) in [6.07, 6.45) is 4.28. The van der Waals surface area contributed by atoms with E-state index in [2.05, 4.69) is 25.8 Å². The van der Waals surface area contributed by atoms with Gasteiger partial charge in [0, 0.05) is 18.2 Å². The van der Waals surface area contributed by atoms with Crippen LogP contribution in [0.15, 0.2) is 24.3 Å². The standard InChI is InChI=1S/C18H24N6O2.ClH/c1-12(25)22-18(9-3-2-4-10-18)17(26)20-14-7-5-13(6-8-14)16-21-15(11-19)23-24-16;/h5-8H,2-4,9-11,19H2,1H3,(H,20,26)(H,22,25)(H,21,23,24);1H. The van der Waals surface area contributed by atoms with E-state index >= 15 is 0 Å². The number of nitrogens with zero attached hydrogens (tertiary/aromatic N) is 2. The number of benzene rings is 1. The SMILES string of the molecule is CC(=O)NC1(C(=O)Nc2ccc(-c3n[nH]c(CN)n3)cc2)CCCCC1.Cl. The van der Waals surface area contributed by atoms with E-state index in [-0.39, 0.29) is 24.2 Å². The van der Waals surface area contributed by atoms with Crippen LogP contribution in [0.4, 0.5) is 5.69 Å². The van der Waals surface area contributed by atoms with Gasteiger partial charge in [0.15, 0.2) is 5.82 Å². The van der Waals surface area contributed by atoms with Crippen molar-refractivity contribution in [2.24, 2.45) is 5.73 Å². The molecule has 0 bridgehead atoms. The van der Waals surface area contributed by atoms with Gasteiger partial charge in [-0.3, -0.25) is 14.7 Å². The normalized spacial score (nSPS) is 15.5. The van der Waals surface area contributed by atoms with E-state index in [0.29, 0.717) is 36.7 Å². The molecule has 1 aliphatic carbocycles. The molecule has 0 spiro atoms. The predicted molar refractivity (Wildman–Crippen MR) is 105 cm³/mol. The number of aromatic nitrogens is 3. The van der Waals surface area contributed by atoms with Crippen molar-refractivity contribution in [3.63, 3.8) is 0 Å². The minimum atomic E-state index is -0.817. The molecule has 2 aromatic rings. The van der Waals surface area contributed by atoms with Crippen molar-refractivity contribution in [1.29, 1.82) is 0 Å². The van der Waals surface area contributed by atoms with Gasteiger partial charge < -0.3 is 16.4 Å².